The number of rotatable bonds is 3. The Morgan fingerprint density at radius 3 is 2.68 bits per heavy atom. The summed E-state index contributed by atoms with van der Waals surface area (Å²) in [4.78, 5) is 0. The number of benzene rings is 1. The number of aliphatic hydroxyl groups excluding tert-OH is 1. The Hall–Kier alpha value is -1.08. The SMILES string of the molecule is CC1=CC(C)CC(C(O)Cc2cc(C)ccc2C)C1. The molecule has 104 valence electrons. The van der Waals surface area contributed by atoms with Crippen LogP contribution in [0.4, 0.5) is 0 Å². The van der Waals surface area contributed by atoms with Gasteiger partial charge in [-0.15, -0.1) is 0 Å². The van der Waals surface area contributed by atoms with Crippen molar-refractivity contribution in [3.63, 3.8) is 0 Å². The lowest BCUT2D eigenvalue weighted by Gasteiger charge is -2.29. The maximum absolute atomic E-state index is 10.6. The average Bonchev–Trinajstić information content (AvgIpc) is 2.32. The molecule has 1 N–H and O–H groups in total. The zero-order valence-corrected chi connectivity index (χ0v) is 12.6. The molecule has 0 saturated heterocycles. The van der Waals surface area contributed by atoms with E-state index in [1.54, 1.807) is 0 Å². The molecule has 1 aliphatic rings. The first-order valence-electron chi connectivity index (χ1n) is 7.37. The molecule has 1 aromatic rings. The van der Waals surface area contributed by atoms with Crippen LogP contribution in [0, 0.1) is 25.7 Å². The molecule has 19 heavy (non-hydrogen) atoms. The maximum Gasteiger partial charge on any atom is 0.0612 e. The van der Waals surface area contributed by atoms with Gasteiger partial charge in [0.25, 0.3) is 0 Å². The fraction of sp³-hybridized carbons (Fsp3) is 0.556. The van der Waals surface area contributed by atoms with E-state index in [9.17, 15) is 5.11 Å². The van der Waals surface area contributed by atoms with Crippen LogP contribution in [0.3, 0.4) is 0 Å². The van der Waals surface area contributed by atoms with Crippen LogP contribution in [0.15, 0.2) is 29.8 Å². The van der Waals surface area contributed by atoms with E-state index in [0.717, 1.165) is 19.3 Å². The quantitative estimate of drug-likeness (QED) is 0.806. The predicted molar refractivity (Wildman–Crippen MR) is 81.3 cm³/mol. The molecule has 0 aliphatic heterocycles. The van der Waals surface area contributed by atoms with Crippen LogP contribution in [-0.2, 0) is 6.42 Å². The van der Waals surface area contributed by atoms with Crippen molar-refractivity contribution in [3.8, 4) is 0 Å². The summed E-state index contributed by atoms with van der Waals surface area (Å²) in [6.45, 7) is 8.69. The van der Waals surface area contributed by atoms with Gasteiger partial charge < -0.3 is 5.11 Å². The lowest BCUT2D eigenvalue weighted by atomic mass is 9.79. The molecule has 3 unspecified atom stereocenters. The number of aryl methyl sites for hydroxylation is 2. The summed E-state index contributed by atoms with van der Waals surface area (Å²) >= 11 is 0. The van der Waals surface area contributed by atoms with Crippen molar-refractivity contribution in [1.82, 2.24) is 0 Å². The van der Waals surface area contributed by atoms with Crippen LogP contribution in [0.2, 0.25) is 0 Å². The highest BCUT2D eigenvalue weighted by molar-refractivity contribution is 5.31. The van der Waals surface area contributed by atoms with Gasteiger partial charge in [0.1, 0.15) is 0 Å². The van der Waals surface area contributed by atoms with Crippen LogP contribution in [0.5, 0.6) is 0 Å². The Kier molecular flexibility index (Phi) is 4.46. The maximum atomic E-state index is 10.6. The fourth-order valence-electron chi connectivity index (χ4n) is 3.30. The molecule has 0 spiro atoms. The highest BCUT2D eigenvalue weighted by Gasteiger charge is 2.25. The summed E-state index contributed by atoms with van der Waals surface area (Å²) in [6, 6.07) is 6.51. The van der Waals surface area contributed by atoms with E-state index in [2.05, 4.69) is 52.0 Å². The number of hydrogen-bond donors (Lipinski definition) is 1. The second-order valence-corrected chi connectivity index (χ2v) is 6.39. The second-order valence-electron chi connectivity index (χ2n) is 6.39. The van der Waals surface area contributed by atoms with Crippen molar-refractivity contribution in [1.29, 1.82) is 0 Å². The van der Waals surface area contributed by atoms with Gasteiger partial charge in [-0.2, -0.15) is 0 Å². The summed E-state index contributed by atoms with van der Waals surface area (Å²) in [5.41, 5.74) is 5.30. The predicted octanol–water partition coefficient (Wildman–Crippen LogP) is 4.20. The van der Waals surface area contributed by atoms with Gasteiger partial charge in [0.15, 0.2) is 0 Å². The van der Waals surface area contributed by atoms with Gasteiger partial charge in [-0.05, 0) is 63.0 Å². The fourth-order valence-corrected chi connectivity index (χ4v) is 3.30. The summed E-state index contributed by atoms with van der Waals surface area (Å²) in [5, 5.41) is 10.6. The lowest BCUT2D eigenvalue weighted by molar-refractivity contribution is 0.0931. The molecule has 2 rings (SSSR count). The molecule has 0 radical (unpaired) electrons. The molecule has 0 fully saturated rings. The molecule has 1 aliphatic carbocycles. The van der Waals surface area contributed by atoms with Crippen LogP contribution < -0.4 is 0 Å². The number of hydrogen-bond acceptors (Lipinski definition) is 1. The van der Waals surface area contributed by atoms with Crippen LogP contribution in [0.1, 0.15) is 43.4 Å². The third kappa shape index (κ3) is 3.70. The molecule has 3 atom stereocenters. The summed E-state index contributed by atoms with van der Waals surface area (Å²) in [5.74, 6) is 1.02. The van der Waals surface area contributed by atoms with Gasteiger partial charge in [0.2, 0.25) is 0 Å². The highest BCUT2D eigenvalue weighted by atomic mass is 16.3. The highest BCUT2D eigenvalue weighted by Crippen LogP contribution is 2.31. The van der Waals surface area contributed by atoms with Crippen molar-refractivity contribution in [2.75, 3.05) is 0 Å². The smallest absolute Gasteiger partial charge is 0.0612 e. The summed E-state index contributed by atoms with van der Waals surface area (Å²) in [7, 11) is 0. The van der Waals surface area contributed by atoms with Gasteiger partial charge in [0.05, 0.1) is 6.10 Å². The van der Waals surface area contributed by atoms with Crippen LogP contribution >= 0.6 is 0 Å². The molecule has 0 saturated carbocycles. The molecule has 1 nitrogen and oxygen atoms in total. The monoisotopic (exact) mass is 258 g/mol. The lowest BCUT2D eigenvalue weighted by Crippen LogP contribution is -2.27. The summed E-state index contributed by atoms with van der Waals surface area (Å²) in [6.07, 6.45) is 5.09. The van der Waals surface area contributed by atoms with Gasteiger partial charge in [-0.3, -0.25) is 0 Å². The molecule has 0 amide bonds. The van der Waals surface area contributed by atoms with E-state index in [4.69, 9.17) is 0 Å². The van der Waals surface area contributed by atoms with Crippen LogP contribution in [0.25, 0.3) is 0 Å². The molecule has 0 bridgehead atoms. The van der Waals surface area contributed by atoms with Gasteiger partial charge >= 0.3 is 0 Å². The van der Waals surface area contributed by atoms with E-state index in [1.807, 2.05) is 0 Å². The Balaban J connectivity index is 2.07. The van der Waals surface area contributed by atoms with E-state index in [-0.39, 0.29) is 6.10 Å². The first-order chi connectivity index (χ1) is 8.95. The number of aliphatic hydroxyl groups is 1. The van der Waals surface area contributed by atoms with Crippen molar-refractivity contribution < 1.29 is 5.11 Å². The van der Waals surface area contributed by atoms with Crippen LogP contribution in [-0.4, -0.2) is 11.2 Å². The molecule has 1 heteroatoms. The molecule has 1 aromatic carbocycles. The normalized spacial score (nSPS) is 25.0. The zero-order valence-electron chi connectivity index (χ0n) is 12.6. The third-order valence-electron chi connectivity index (χ3n) is 4.31. The van der Waals surface area contributed by atoms with Gasteiger partial charge in [-0.1, -0.05) is 42.3 Å². The minimum atomic E-state index is -0.216. The molecular formula is C18H26O. The van der Waals surface area contributed by atoms with Crippen molar-refractivity contribution in [3.05, 3.63) is 46.5 Å². The van der Waals surface area contributed by atoms with E-state index in [0.29, 0.717) is 11.8 Å². The molecule has 0 heterocycles. The van der Waals surface area contributed by atoms with Crippen molar-refractivity contribution >= 4 is 0 Å². The third-order valence-corrected chi connectivity index (χ3v) is 4.31. The largest absolute Gasteiger partial charge is 0.392 e. The van der Waals surface area contributed by atoms with Gasteiger partial charge in [-0.25, -0.2) is 0 Å². The Bertz CT molecular complexity index is 473. The topological polar surface area (TPSA) is 20.2 Å². The van der Waals surface area contributed by atoms with E-state index in [1.165, 1.54) is 22.3 Å². The number of allylic oxidation sites excluding steroid dienone is 2. The zero-order chi connectivity index (χ0) is 14.0. The molecular weight excluding hydrogens is 232 g/mol. The molecule has 0 aromatic heterocycles. The Labute approximate surface area is 117 Å². The Morgan fingerprint density at radius 1 is 1.26 bits per heavy atom. The van der Waals surface area contributed by atoms with Crippen molar-refractivity contribution in [2.24, 2.45) is 11.8 Å². The standard InChI is InChI=1S/C18H26O/c1-12-5-6-15(4)16(8-12)11-18(19)17-9-13(2)7-14(3)10-17/h5-8,13,17-19H,9-11H2,1-4H3. The first kappa shape index (κ1) is 14.3. The summed E-state index contributed by atoms with van der Waals surface area (Å²) < 4.78 is 0. The second kappa shape index (κ2) is 5.92. The minimum Gasteiger partial charge on any atom is -0.392 e. The average molecular weight is 258 g/mol. The van der Waals surface area contributed by atoms with E-state index < -0.39 is 0 Å². The van der Waals surface area contributed by atoms with Gasteiger partial charge in [0, 0.05) is 0 Å². The minimum absolute atomic E-state index is 0.216. The first-order valence-corrected chi connectivity index (χ1v) is 7.37. The Morgan fingerprint density at radius 2 is 2.00 bits per heavy atom. The van der Waals surface area contributed by atoms with Crippen molar-refractivity contribution in [2.45, 2.75) is 53.1 Å². The van der Waals surface area contributed by atoms with E-state index >= 15 is 0 Å².